The fourth-order valence-electron chi connectivity index (χ4n) is 2.68. The second kappa shape index (κ2) is 6.16. The van der Waals surface area contributed by atoms with Crippen LogP contribution in [-0.4, -0.2) is 30.0 Å². The zero-order valence-corrected chi connectivity index (χ0v) is 14.5. The minimum atomic E-state index is -0.585. The van der Waals surface area contributed by atoms with E-state index in [1.165, 1.54) is 6.07 Å². The lowest BCUT2D eigenvalue weighted by Gasteiger charge is -2.23. The van der Waals surface area contributed by atoms with Gasteiger partial charge in [-0.2, -0.15) is 0 Å². The second-order valence-electron chi connectivity index (χ2n) is 6.72. The largest absolute Gasteiger partial charge is 0.444 e. The quantitative estimate of drug-likeness (QED) is 0.850. The molecule has 0 bridgehead atoms. The summed E-state index contributed by atoms with van der Waals surface area (Å²) in [6.45, 7) is 5.54. The lowest BCUT2D eigenvalue weighted by atomic mass is 9.92. The van der Waals surface area contributed by atoms with Crippen molar-refractivity contribution in [3.05, 3.63) is 34.1 Å². The summed E-state index contributed by atoms with van der Waals surface area (Å²) < 4.78 is 20.1. The van der Waals surface area contributed by atoms with E-state index < -0.39 is 17.1 Å². The molecule has 2 atom stereocenters. The minimum absolute atomic E-state index is 0.0397. The number of ether oxygens (including phenoxy) is 1. The molecule has 1 aromatic rings. The Labute approximate surface area is 138 Å². The van der Waals surface area contributed by atoms with Gasteiger partial charge < -0.3 is 15.2 Å². The summed E-state index contributed by atoms with van der Waals surface area (Å²) in [5, 5.41) is 12.1. The molecule has 1 aliphatic rings. The number of alkyl carbamates (subject to hydrolysis) is 1. The van der Waals surface area contributed by atoms with Gasteiger partial charge in [0, 0.05) is 23.0 Å². The number of benzene rings is 1. The van der Waals surface area contributed by atoms with Crippen LogP contribution in [0.4, 0.5) is 9.18 Å². The SMILES string of the molecule is CC(C)(C)OC(=O)NC[C@@]1(c2cc(Br)ccc2F)C[C@H]1CO. The monoisotopic (exact) mass is 373 g/mol. The number of aliphatic hydroxyl groups is 1. The molecular formula is C16H21BrFNO3. The number of carbonyl (C=O) groups is 1. The summed E-state index contributed by atoms with van der Waals surface area (Å²) in [7, 11) is 0. The van der Waals surface area contributed by atoms with Gasteiger partial charge in [-0.15, -0.1) is 0 Å². The highest BCUT2D eigenvalue weighted by atomic mass is 79.9. The Morgan fingerprint density at radius 1 is 1.55 bits per heavy atom. The number of hydrogen-bond donors (Lipinski definition) is 2. The fraction of sp³-hybridized carbons (Fsp3) is 0.562. The van der Waals surface area contributed by atoms with Crippen molar-refractivity contribution in [2.45, 2.75) is 38.2 Å². The summed E-state index contributed by atoms with van der Waals surface area (Å²) in [6, 6.07) is 4.73. The molecule has 4 nitrogen and oxygen atoms in total. The molecule has 0 aromatic heterocycles. The van der Waals surface area contributed by atoms with Gasteiger partial charge in [-0.1, -0.05) is 15.9 Å². The predicted octanol–water partition coefficient (Wildman–Crippen LogP) is 3.36. The number of nitrogens with one attached hydrogen (secondary N) is 1. The van der Waals surface area contributed by atoms with Crippen molar-refractivity contribution < 1.29 is 19.0 Å². The number of hydrogen-bond acceptors (Lipinski definition) is 3. The van der Waals surface area contributed by atoms with E-state index in [4.69, 9.17) is 4.74 Å². The summed E-state index contributed by atoms with van der Waals surface area (Å²) in [5.74, 6) is -0.392. The van der Waals surface area contributed by atoms with Gasteiger partial charge in [0.1, 0.15) is 11.4 Å². The Morgan fingerprint density at radius 2 is 2.23 bits per heavy atom. The molecule has 0 unspecified atom stereocenters. The van der Waals surface area contributed by atoms with E-state index in [2.05, 4.69) is 21.2 Å². The summed E-state index contributed by atoms with van der Waals surface area (Å²) in [5.41, 5.74) is -0.644. The van der Waals surface area contributed by atoms with Gasteiger partial charge in [0.15, 0.2) is 0 Å². The third kappa shape index (κ3) is 3.79. The molecule has 1 aliphatic carbocycles. The van der Waals surface area contributed by atoms with E-state index in [1.54, 1.807) is 32.9 Å². The molecular weight excluding hydrogens is 353 g/mol. The molecule has 0 heterocycles. The topological polar surface area (TPSA) is 58.6 Å². The maximum Gasteiger partial charge on any atom is 0.407 e. The summed E-state index contributed by atoms with van der Waals surface area (Å²) in [6.07, 6.45) is 0.0954. The maximum absolute atomic E-state index is 14.2. The van der Waals surface area contributed by atoms with Crippen LogP contribution in [-0.2, 0) is 10.2 Å². The first kappa shape index (κ1) is 17.2. The third-order valence-corrected chi connectivity index (χ3v) is 4.36. The highest BCUT2D eigenvalue weighted by Gasteiger charge is 2.56. The van der Waals surface area contributed by atoms with Crippen molar-refractivity contribution in [3.8, 4) is 0 Å². The van der Waals surface area contributed by atoms with Gasteiger partial charge in [-0.25, -0.2) is 9.18 Å². The molecule has 2 rings (SSSR count). The van der Waals surface area contributed by atoms with Crippen molar-refractivity contribution in [3.63, 3.8) is 0 Å². The van der Waals surface area contributed by atoms with Crippen LogP contribution in [0.5, 0.6) is 0 Å². The van der Waals surface area contributed by atoms with Crippen LogP contribution in [0.1, 0.15) is 32.8 Å². The van der Waals surface area contributed by atoms with Crippen LogP contribution >= 0.6 is 15.9 Å². The van der Waals surface area contributed by atoms with Crippen molar-refractivity contribution in [2.24, 2.45) is 5.92 Å². The van der Waals surface area contributed by atoms with E-state index in [0.717, 1.165) is 4.47 Å². The molecule has 1 aromatic carbocycles. The number of aliphatic hydroxyl groups excluding tert-OH is 1. The van der Waals surface area contributed by atoms with E-state index >= 15 is 0 Å². The second-order valence-corrected chi connectivity index (χ2v) is 7.64. The van der Waals surface area contributed by atoms with Crippen molar-refractivity contribution in [1.29, 1.82) is 0 Å². The van der Waals surface area contributed by atoms with E-state index in [-0.39, 0.29) is 24.9 Å². The van der Waals surface area contributed by atoms with Gasteiger partial charge >= 0.3 is 6.09 Å². The molecule has 2 N–H and O–H groups in total. The highest BCUT2D eigenvalue weighted by molar-refractivity contribution is 9.10. The Morgan fingerprint density at radius 3 is 2.77 bits per heavy atom. The third-order valence-electron chi connectivity index (χ3n) is 3.86. The Bertz CT molecular complexity index is 573. The molecule has 0 aliphatic heterocycles. The number of rotatable bonds is 4. The summed E-state index contributed by atoms with van der Waals surface area (Å²) in [4.78, 5) is 11.8. The number of halogens is 2. The molecule has 1 amide bonds. The molecule has 6 heteroatoms. The zero-order valence-electron chi connectivity index (χ0n) is 13.0. The number of carbonyl (C=O) groups excluding carboxylic acids is 1. The van der Waals surface area contributed by atoms with Crippen molar-refractivity contribution in [2.75, 3.05) is 13.2 Å². The molecule has 1 fully saturated rings. The standard InChI is InChI=1S/C16H21BrFNO3/c1-15(2,3)22-14(21)19-9-16(7-10(16)8-20)12-6-11(17)4-5-13(12)18/h4-6,10,20H,7-9H2,1-3H3,(H,19,21)/t10-,16-/m0/s1. The first-order chi connectivity index (χ1) is 10.2. The molecule has 0 saturated heterocycles. The lowest BCUT2D eigenvalue weighted by Crippen LogP contribution is -2.38. The first-order valence-electron chi connectivity index (χ1n) is 7.21. The smallest absolute Gasteiger partial charge is 0.407 e. The van der Waals surface area contributed by atoms with Crippen LogP contribution in [0.3, 0.4) is 0 Å². The Balaban J connectivity index is 2.14. The van der Waals surface area contributed by atoms with Gasteiger partial charge in [-0.3, -0.25) is 0 Å². The van der Waals surface area contributed by atoms with Gasteiger partial charge in [0.05, 0.1) is 0 Å². The van der Waals surface area contributed by atoms with Crippen LogP contribution in [0, 0.1) is 11.7 Å². The molecule has 0 spiro atoms. The minimum Gasteiger partial charge on any atom is -0.444 e. The van der Waals surface area contributed by atoms with Gasteiger partial charge in [0.2, 0.25) is 0 Å². The Kier molecular flexibility index (Phi) is 4.82. The van der Waals surface area contributed by atoms with Crippen LogP contribution in [0.15, 0.2) is 22.7 Å². The van der Waals surface area contributed by atoms with E-state index in [0.29, 0.717) is 12.0 Å². The van der Waals surface area contributed by atoms with E-state index in [1.807, 2.05) is 0 Å². The normalized spacial score (nSPS) is 24.0. The van der Waals surface area contributed by atoms with Gasteiger partial charge in [-0.05, 0) is 56.9 Å². The van der Waals surface area contributed by atoms with Crippen LogP contribution in [0.25, 0.3) is 0 Å². The fourth-order valence-corrected chi connectivity index (χ4v) is 3.05. The average molecular weight is 374 g/mol. The van der Waals surface area contributed by atoms with Crippen molar-refractivity contribution in [1.82, 2.24) is 5.32 Å². The predicted molar refractivity (Wildman–Crippen MR) is 85.2 cm³/mol. The Hall–Kier alpha value is -1.14. The lowest BCUT2D eigenvalue weighted by molar-refractivity contribution is 0.0520. The molecule has 22 heavy (non-hydrogen) atoms. The summed E-state index contributed by atoms with van der Waals surface area (Å²) >= 11 is 3.34. The highest BCUT2D eigenvalue weighted by Crippen LogP contribution is 2.54. The molecule has 1 saturated carbocycles. The van der Waals surface area contributed by atoms with Crippen LogP contribution < -0.4 is 5.32 Å². The van der Waals surface area contributed by atoms with E-state index in [9.17, 15) is 14.3 Å². The first-order valence-corrected chi connectivity index (χ1v) is 8.00. The van der Waals surface area contributed by atoms with Crippen LogP contribution in [0.2, 0.25) is 0 Å². The molecule has 122 valence electrons. The van der Waals surface area contributed by atoms with Gasteiger partial charge in [0.25, 0.3) is 0 Å². The average Bonchev–Trinajstić information content (AvgIpc) is 3.12. The maximum atomic E-state index is 14.2. The van der Waals surface area contributed by atoms with Crippen molar-refractivity contribution >= 4 is 22.0 Å². The molecule has 0 radical (unpaired) electrons. The number of amides is 1. The zero-order chi connectivity index (χ0) is 16.5.